The summed E-state index contributed by atoms with van der Waals surface area (Å²) in [7, 11) is 0. The Morgan fingerprint density at radius 2 is 1.40 bits per heavy atom. The highest BCUT2D eigenvalue weighted by Gasteiger charge is 2.01. The van der Waals surface area contributed by atoms with E-state index in [1.165, 1.54) is 20.8 Å². The molecule has 0 fully saturated rings. The third kappa shape index (κ3) is 24.7. The lowest BCUT2D eigenvalue weighted by Crippen LogP contribution is -1.99. The molecule has 0 saturated carbocycles. The van der Waals surface area contributed by atoms with Gasteiger partial charge >= 0.3 is 0 Å². The molecule has 0 bridgehead atoms. The number of hydrogen-bond donors (Lipinski definition) is 0. The van der Waals surface area contributed by atoms with Crippen LogP contribution < -0.4 is 0 Å². The zero-order valence-electron chi connectivity index (χ0n) is 6.15. The van der Waals surface area contributed by atoms with E-state index in [0.717, 1.165) is 0 Å². The van der Waals surface area contributed by atoms with Crippen LogP contribution >= 0.6 is 23.2 Å². The van der Waals surface area contributed by atoms with Gasteiger partial charge in [0.1, 0.15) is 11.2 Å². The van der Waals surface area contributed by atoms with Crippen LogP contribution in [0.5, 0.6) is 0 Å². The number of halogens is 2. The first-order chi connectivity index (χ1) is 4.37. The van der Waals surface area contributed by atoms with Crippen molar-refractivity contribution in [2.24, 2.45) is 0 Å². The van der Waals surface area contributed by atoms with Gasteiger partial charge in [-0.25, -0.2) is 0 Å². The lowest BCUT2D eigenvalue weighted by molar-refractivity contribution is -0.115. The summed E-state index contributed by atoms with van der Waals surface area (Å²) in [6, 6.07) is 0. The molecule has 0 N–H and O–H groups in total. The Balaban J connectivity index is 0. The molecule has 0 radical (unpaired) electrons. The standard InChI is InChI=1S/C3H4Cl2O.C3H6O/c1-2(4)3(5)6;1-3(2)4/h2H,1H3;1-2H3. The van der Waals surface area contributed by atoms with Gasteiger partial charge in [-0.05, 0) is 32.4 Å². The van der Waals surface area contributed by atoms with Crippen molar-refractivity contribution in [1.82, 2.24) is 0 Å². The molecule has 0 amide bonds. The first-order valence-electron chi connectivity index (χ1n) is 2.68. The number of Topliss-reactive ketones (excluding diaryl/α,β-unsaturated/α-hetero) is 1. The summed E-state index contributed by atoms with van der Waals surface area (Å²) in [5.41, 5.74) is 0. The van der Waals surface area contributed by atoms with Gasteiger partial charge in [0.05, 0.1) is 0 Å². The summed E-state index contributed by atoms with van der Waals surface area (Å²) in [5, 5.41) is -1.05. The van der Waals surface area contributed by atoms with Gasteiger partial charge in [-0.1, -0.05) is 0 Å². The predicted octanol–water partition coefficient (Wildman–Crippen LogP) is 1.97. The van der Waals surface area contributed by atoms with Gasteiger partial charge in [0.25, 0.3) is 0 Å². The lowest BCUT2D eigenvalue weighted by Gasteiger charge is -1.85. The van der Waals surface area contributed by atoms with Crippen LogP contribution in [-0.4, -0.2) is 16.4 Å². The molecule has 0 heterocycles. The predicted molar refractivity (Wildman–Crippen MR) is 42.5 cm³/mol. The fourth-order valence-electron chi connectivity index (χ4n) is 0. The van der Waals surface area contributed by atoms with Crippen molar-refractivity contribution in [3.8, 4) is 0 Å². The van der Waals surface area contributed by atoms with Gasteiger partial charge in [0.2, 0.25) is 5.24 Å². The molecule has 1 atom stereocenters. The molecule has 2 nitrogen and oxygen atoms in total. The van der Waals surface area contributed by atoms with Gasteiger partial charge in [-0.15, -0.1) is 11.6 Å². The minimum atomic E-state index is -0.549. The zero-order chi connectivity index (χ0) is 8.73. The van der Waals surface area contributed by atoms with Crippen molar-refractivity contribution in [3.05, 3.63) is 0 Å². The van der Waals surface area contributed by atoms with Gasteiger partial charge < -0.3 is 4.79 Å². The molecular formula is C6H10Cl2O2. The number of ketones is 1. The van der Waals surface area contributed by atoms with E-state index in [2.05, 4.69) is 0 Å². The van der Waals surface area contributed by atoms with E-state index in [0.29, 0.717) is 0 Å². The highest BCUT2D eigenvalue weighted by molar-refractivity contribution is 6.69. The van der Waals surface area contributed by atoms with Crippen molar-refractivity contribution in [3.63, 3.8) is 0 Å². The Hall–Kier alpha value is -0.0800. The third-order valence-electron chi connectivity index (χ3n) is 0.313. The van der Waals surface area contributed by atoms with E-state index in [4.69, 9.17) is 23.2 Å². The van der Waals surface area contributed by atoms with Gasteiger partial charge in [0.15, 0.2) is 0 Å². The molecule has 1 unspecified atom stereocenters. The summed E-state index contributed by atoms with van der Waals surface area (Å²) in [4.78, 5) is 19.2. The van der Waals surface area contributed by atoms with E-state index in [1.807, 2.05) is 0 Å². The summed E-state index contributed by atoms with van der Waals surface area (Å²) < 4.78 is 0. The molecule has 10 heavy (non-hydrogen) atoms. The topological polar surface area (TPSA) is 34.1 Å². The van der Waals surface area contributed by atoms with Crippen LogP contribution in [0.25, 0.3) is 0 Å². The van der Waals surface area contributed by atoms with Crippen molar-refractivity contribution in [1.29, 1.82) is 0 Å². The molecule has 4 heteroatoms. The van der Waals surface area contributed by atoms with Crippen LogP contribution in [0.2, 0.25) is 0 Å². The minimum absolute atomic E-state index is 0.167. The van der Waals surface area contributed by atoms with E-state index in [1.54, 1.807) is 0 Å². The van der Waals surface area contributed by atoms with Crippen molar-refractivity contribution in [2.75, 3.05) is 0 Å². The van der Waals surface area contributed by atoms with Crippen LogP contribution in [0.3, 0.4) is 0 Å². The normalized spacial score (nSPS) is 10.9. The Bertz CT molecular complexity index is 117. The van der Waals surface area contributed by atoms with Crippen molar-refractivity contribution < 1.29 is 9.59 Å². The SMILES string of the molecule is CC(C)=O.CC(Cl)C(=O)Cl. The lowest BCUT2D eigenvalue weighted by atomic mass is 10.5. The number of rotatable bonds is 1. The largest absolute Gasteiger partial charge is 0.300 e. The zero-order valence-corrected chi connectivity index (χ0v) is 7.66. The van der Waals surface area contributed by atoms with E-state index >= 15 is 0 Å². The molecule has 0 spiro atoms. The third-order valence-corrected chi connectivity index (χ3v) is 0.950. The summed E-state index contributed by atoms with van der Waals surface area (Å²) in [6.45, 7) is 4.58. The van der Waals surface area contributed by atoms with Crippen LogP contribution in [0.4, 0.5) is 0 Å². The maximum Gasteiger partial charge on any atom is 0.239 e. The first kappa shape index (κ1) is 12.6. The Morgan fingerprint density at radius 3 is 1.40 bits per heavy atom. The second kappa shape index (κ2) is 7.03. The monoisotopic (exact) mass is 184 g/mol. The maximum absolute atomic E-state index is 9.78. The molecule has 0 aliphatic heterocycles. The second-order valence-electron chi connectivity index (χ2n) is 1.83. The van der Waals surface area contributed by atoms with E-state index < -0.39 is 10.6 Å². The van der Waals surface area contributed by atoms with Crippen LogP contribution in [-0.2, 0) is 9.59 Å². The molecule has 0 aromatic heterocycles. The van der Waals surface area contributed by atoms with Crippen LogP contribution in [0.1, 0.15) is 20.8 Å². The number of alkyl halides is 1. The van der Waals surface area contributed by atoms with Gasteiger partial charge in [-0.2, -0.15) is 0 Å². The smallest absolute Gasteiger partial charge is 0.239 e. The first-order valence-corrected chi connectivity index (χ1v) is 3.50. The fourth-order valence-corrected chi connectivity index (χ4v) is 0. The highest BCUT2D eigenvalue weighted by atomic mass is 35.5. The molecule has 0 aromatic rings. The van der Waals surface area contributed by atoms with Crippen molar-refractivity contribution >= 4 is 34.2 Å². The van der Waals surface area contributed by atoms with Crippen molar-refractivity contribution in [2.45, 2.75) is 26.1 Å². The molecule has 0 aromatic carbocycles. The highest BCUT2D eigenvalue weighted by Crippen LogP contribution is 1.96. The molecule has 60 valence electrons. The molecule has 0 saturated heterocycles. The van der Waals surface area contributed by atoms with Gasteiger partial charge in [0, 0.05) is 0 Å². The number of carbonyl (C=O) groups excluding carboxylic acids is 2. The van der Waals surface area contributed by atoms with Gasteiger partial charge in [-0.3, -0.25) is 4.79 Å². The summed E-state index contributed by atoms with van der Waals surface area (Å²) >= 11 is 9.97. The summed E-state index contributed by atoms with van der Waals surface area (Å²) in [6.07, 6.45) is 0. The molecule has 0 rings (SSSR count). The van der Waals surface area contributed by atoms with Crippen LogP contribution in [0, 0.1) is 0 Å². The minimum Gasteiger partial charge on any atom is -0.300 e. The number of carbonyl (C=O) groups is 2. The summed E-state index contributed by atoms with van der Waals surface area (Å²) in [5.74, 6) is 0.167. The van der Waals surface area contributed by atoms with E-state index in [-0.39, 0.29) is 5.78 Å². The Morgan fingerprint density at radius 1 is 1.30 bits per heavy atom. The molecular weight excluding hydrogens is 175 g/mol. The quantitative estimate of drug-likeness (QED) is 0.462. The maximum atomic E-state index is 9.78. The average molecular weight is 185 g/mol. The fraction of sp³-hybridized carbons (Fsp3) is 0.667. The van der Waals surface area contributed by atoms with Crippen LogP contribution in [0.15, 0.2) is 0 Å². The number of hydrogen-bond acceptors (Lipinski definition) is 2. The van der Waals surface area contributed by atoms with E-state index in [9.17, 15) is 9.59 Å². The Kier molecular flexibility index (Phi) is 8.85. The molecule has 0 aliphatic rings. The Labute approximate surface area is 70.5 Å². The molecule has 0 aliphatic carbocycles. The second-order valence-corrected chi connectivity index (χ2v) is 2.86. The average Bonchev–Trinajstić information content (AvgIpc) is 1.63.